The van der Waals surface area contributed by atoms with Crippen molar-refractivity contribution in [1.29, 1.82) is 0 Å². The number of ketones is 1. The third-order valence-corrected chi connectivity index (χ3v) is 7.14. The third-order valence-electron chi connectivity index (χ3n) is 4.09. The molecule has 0 aromatic carbocycles. The summed E-state index contributed by atoms with van der Waals surface area (Å²) in [6.45, 7) is 1.51. The van der Waals surface area contributed by atoms with Crippen molar-refractivity contribution in [3.05, 3.63) is 62.6 Å². The van der Waals surface area contributed by atoms with Crippen LogP contribution in [0.1, 0.15) is 40.3 Å². The number of rotatable bonds is 10. The van der Waals surface area contributed by atoms with Gasteiger partial charge in [0.05, 0.1) is 22.4 Å². The maximum atomic E-state index is 12.4. The lowest BCUT2D eigenvalue weighted by Gasteiger charge is -2.02. The number of Topliss-reactive ketones (excluding diaryl/α,β-unsaturated/α-hetero) is 1. The van der Waals surface area contributed by atoms with E-state index in [4.69, 9.17) is 9.15 Å². The summed E-state index contributed by atoms with van der Waals surface area (Å²) in [5, 5.41) is 3.10. The van der Waals surface area contributed by atoms with Gasteiger partial charge in [-0.25, -0.2) is 17.9 Å². The Morgan fingerprint density at radius 2 is 1.94 bits per heavy atom. The van der Waals surface area contributed by atoms with E-state index >= 15 is 0 Å². The van der Waals surface area contributed by atoms with Gasteiger partial charge in [-0.3, -0.25) is 9.59 Å². The molecule has 0 saturated carbocycles. The Hall–Kier alpha value is -2.80. The van der Waals surface area contributed by atoms with Crippen molar-refractivity contribution in [1.82, 2.24) is 4.72 Å². The highest BCUT2D eigenvalue weighted by atomic mass is 32.2. The van der Waals surface area contributed by atoms with E-state index in [2.05, 4.69) is 10.0 Å². The molecule has 0 bridgehead atoms. The molecule has 1 amide bonds. The van der Waals surface area contributed by atoms with Crippen molar-refractivity contribution in [3.8, 4) is 0 Å². The molecule has 0 aliphatic carbocycles. The van der Waals surface area contributed by atoms with Gasteiger partial charge < -0.3 is 14.5 Å². The molecule has 3 aromatic rings. The fourth-order valence-electron chi connectivity index (χ4n) is 2.62. The van der Waals surface area contributed by atoms with Crippen LogP contribution in [0.15, 0.2) is 41.0 Å². The molecule has 0 aliphatic rings. The second kappa shape index (κ2) is 10.2. The number of sulfonamides is 1. The van der Waals surface area contributed by atoms with E-state index in [1.54, 1.807) is 31.2 Å². The summed E-state index contributed by atoms with van der Waals surface area (Å²) < 4.78 is 34.8. The first-order chi connectivity index (χ1) is 15.1. The average molecular weight is 497 g/mol. The van der Waals surface area contributed by atoms with Crippen molar-refractivity contribution in [3.63, 3.8) is 0 Å². The zero-order chi connectivity index (χ0) is 23.3. The van der Waals surface area contributed by atoms with Crippen LogP contribution >= 0.6 is 22.7 Å². The van der Waals surface area contributed by atoms with Crippen molar-refractivity contribution >= 4 is 55.4 Å². The summed E-state index contributed by atoms with van der Waals surface area (Å²) in [6, 6.07) is 8.11. The number of hydrogen-bond donors (Lipinski definition) is 2. The lowest BCUT2D eigenvalue weighted by Crippen LogP contribution is -2.24. The number of aryl methyl sites for hydroxylation is 1. The molecule has 0 atom stereocenters. The van der Waals surface area contributed by atoms with Gasteiger partial charge in [0.1, 0.15) is 4.88 Å². The highest BCUT2D eigenvalue weighted by molar-refractivity contribution is 7.88. The quantitative estimate of drug-likeness (QED) is 0.326. The summed E-state index contributed by atoms with van der Waals surface area (Å²) >= 11 is 2.27. The molecule has 0 radical (unpaired) electrons. The van der Waals surface area contributed by atoms with Crippen LogP contribution in [-0.2, 0) is 21.2 Å². The van der Waals surface area contributed by atoms with Crippen LogP contribution in [0.5, 0.6) is 0 Å². The molecule has 0 saturated heterocycles. The molecule has 170 valence electrons. The zero-order valence-corrected chi connectivity index (χ0v) is 19.6. The molecule has 32 heavy (non-hydrogen) atoms. The van der Waals surface area contributed by atoms with Crippen molar-refractivity contribution < 1.29 is 32.0 Å². The average Bonchev–Trinajstić information content (AvgIpc) is 3.46. The van der Waals surface area contributed by atoms with Gasteiger partial charge >= 0.3 is 5.97 Å². The monoisotopic (exact) mass is 496 g/mol. The molecular formula is C20H20N2O7S3. The predicted octanol–water partition coefficient (Wildman–Crippen LogP) is 3.09. The zero-order valence-electron chi connectivity index (χ0n) is 17.2. The van der Waals surface area contributed by atoms with E-state index in [1.165, 1.54) is 23.7 Å². The third kappa shape index (κ3) is 6.60. The number of hydrogen-bond acceptors (Lipinski definition) is 9. The first-order valence-electron chi connectivity index (χ1n) is 9.31. The SMILES string of the molecule is Cc1cc(NC(=O)c2ccco2)sc1C(=O)OCC(=O)c1ccc(CCNS(C)(=O)=O)s1. The van der Waals surface area contributed by atoms with E-state index < -0.39 is 28.5 Å². The van der Waals surface area contributed by atoms with Gasteiger partial charge in [0.15, 0.2) is 12.4 Å². The minimum atomic E-state index is -3.27. The van der Waals surface area contributed by atoms with Gasteiger partial charge in [-0.15, -0.1) is 22.7 Å². The maximum Gasteiger partial charge on any atom is 0.349 e. The largest absolute Gasteiger partial charge is 0.459 e. The summed E-state index contributed by atoms with van der Waals surface area (Å²) in [4.78, 5) is 38.4. The molecule has 0 spiro atoms. The van der Waals surface area contributed by atoms with Gasteiger partial charge in [-0.05, 0) is 49.2 Å². The lowest BCUT2D eigenvalue weighted by molar-refractivity contribution is 0.0480. The number of furan rings is 1. The first kappa shape index (κ1) is 23.9. The standard InChI is InChI=1S/C20H20N2O7S3/c1-12-10-17(22-19(24)15-4-3-9-28-15)31-18(12)20(25)29-11-14(23)16-6-5-13(30-16)7-8-21-32(2,26)27/h3-6,9-10,21H,7-8,11H2,1-2H3,(H,22,24). The Bertz CT molecular complexity index is 1220. The molecule has 9 nitrogen and oxygen atoms in total. The van der Waals surface area contributed by atoms with Crippen molar-refractivity contribution in [2.24, 2.45) is 0 Å². The van der Waals surface area contributed by atoms with E-state index in [9.17, 15) is 22.8 Å². The van der Waals surface area contributed by atoms with Gasteiger partial charge in [0.25, 0.3) is 5.91 Å². The summed E-state index contributed by atoms with van der Waals surface area (Å²) in [5.41, 5.74) is 0.610. The summed E-state index contributed by atoms with van der Waals surface area (Å²) in [5.74, 6) is -1.31. The summed E-state index contributed by atoms with van der Waals surface area (Å²) in [7, 11) is -3.27. The first-order valence-corrected chi connectivity index (χ1v) is 12.8. The predicted molar refractivity (Wildman–Crippen MR) is 121 cm³/mol. The van der Waals surface area contributed by atoms with Crippen LogP contribution in [0.2, 0.25) is 0 Å². The molecule has 3 rings (SSSR count). The molecule has 2 N–H and O–H groups in total. The van der Waals surface area contributed by atoms with Crippen LogP contribution < -0.4 is 10.0 Å². The number of ether oxygens (including phenoxy) is 1. The Balaban J connectivity index is 1.52. The molecule has 3 heterocycles. The minimum Gasteiger partial charge on any atom is -0.459 e. The fraction of sp³-hybridized carbons (Fsp3) is 0.250. The van der Waals surface area contributed by atoms with E-state index in [0.717, 1.165) is 22.5 Å². The molecule has 0 aliphatic heterocycles. The van der Waals surface area contributed by atoms with E-state index in [1.807, 2.05) is 0 Å². The Morgan fingerprint density at radius 3 is 2.62 bits per heavy atom. The topological polar surface area (TPSA) is 132 Å². The Labute approximate surface area is 192 Å². The normalized spacial score (nSPS) is 11.3. The highest BCUT2D eigenvalue weighted by Gasteiger charge is 2.19. The number of amides is 1. The highest BCUT2D eigenvalue weighted by Crippen LogP contribution is 2.28. The maximum absolute atomic E-state index is 12.4. The minimum absolute atomic E-state index is 0.146. The molecule has 12 heteroatoms. The van der Waals surface area contributed by atoms with Crippen LogP contribution in [0.4, 0.5) is 5.00 Å². The van der Waals surface area contributed by atoms with E-state index in [0.29, 0.717) is 21.9 Å². The van der Waals surface area contributed by atoms with E-state index in [-0.39, 0.29) is 23.0 Å². The lowest BCUT2D eigenvalue weighted by atomic mass is 10.3. The van der Waals surface area contributed by atoms with Gasteiger partial charge in [-0.1, -0.05) is 0 Å². The number of esters is 1. The van der Waals surface area contributed by atoms with Crippen LogP contribution in [-0.4, -0.2) is 45.5 Å². The second-order valence-corrected chi connectivity index (χ2v) is 10.8. The molecule has 0 unspecified atom stereocenters. The van der Waals surface area contributed by atoms with Crippen molar-refractivity contribution in [2.75, 3.05) is 24.7 Å². The Kier molecular flexibility index (Phi) is 7.61. The molecule has 3 aromatic heterocycles. The number of anilines is 1. The number of thiophene rings is 2. The summed E-state index contributed by atoms with van der Waals surface area (Å²) in [6.07, 6.45) is 2.92. The second-order valence-electron chi connectivity index (χ2n) is 6.74. The number of carbonyl (C=O) groups excluding carboxylic acids is 3. The van der Waals surface area contributed by atoms with Crippen LogP contribution in [0.25, 0.3) is 0 Å². The molecular weight excluding hydrogens is 476 g/mol. The van der Waals surface area contributed by atoms with Crippen LogP contribution in [0.3, 0.4) is 0 Å². The smallest absolute Gasteiger partial charge is 0.349 e. The Morgan fingerprint density at radius 1 is 1.16 bits per heavy atom. The molecule has 0 fully saturated rings. The van der Waals surface area contributed by atoms with Gasteiger partial charge in [0, 0.05) is 11.4 Å². The fourth-order valence-corrected chi connectivity index (χ4v) is 4.98. The van der Waals surface area contributed by atoms with Gasteiger partial charge in [-0.2, -0.15) is 0 Å². The number of nitrogens with one attached hydrogen (secondary N) is 2. The van der Waals surface area contributed by atoms with Gasteiger partial charge in [0.2, 0.25) is 15.8 Å². The van der Waals surface area contributed by atoms with Crippen molar-refractivity contribution in [2.45, 2.75) is 13.3 Å². The van der Waals surface area contributed by atoms with Crippen LogP contribution in [0, 0.1) is 6.92 Å². The number of carbonyl (C=O) groups is 3.